The second-order valence-electron chi connectivity index (χ2n) is 7.75. The van der Waals surface area contributed by atoms with E-state index in [4.69, 9.17) is 0 Å². The minimum atomic E-state index is 0.0309. The fourth-order valence-electron chi connectivity index (χ4n) is 3.92. The molecule has 1 aromatic heterocycles. The van der Waals surface area contributed by atoms with Gasteiger partial charge in [0, 0.05) is 41.7 Å². The van der Waals surface area contributed by atoms with E-state index in [2.05, 4.69) is 41.6 Å². The van der Waals surface area contributed by atoms with Crippen molar-refractivity contribution in [3.05, 3.63) is 69.6 Å². The van der Waals surface area contributed by atoms with E-state index >= 15 is 0 Å². The van der Waals surface area contributed by atoms with Crippen LogP contribution in [0.3, 0.4) is 0 Å². The summed E-state index contributed by atoms with van der Waals surface area (Å²) in [5.41, 5.74) is 3.93. The lowest BCUT2D eigenvalue weighted by Crippen LogP contribution is -2.25. The summed E-state index contributed by atoms with van der Waals surface area (Å²) in [5.74, 6) is 0.861. The Morgan fingerprint density at radius 2 is 1.89 bits per heavy atom. The number of aromatic amines is 1. The second-order valence-corrected chi connectivity index (χ2v) is 8.63. The Morgan fingerprint density at radius 3 is 2.46 bits per heavy atom. The maximum absolute atomic E-state index is 12.6. The molecule has 0 radical (unpaired) electrons. The number of H-pyrrole nitrogens is 1. The first-order chi connectivity index (χ1) is 13.5. The molecule has 1 N–H and O–H groups in total. The van der Waals surface area contributed by atoms with Crippen molar-refractivity contribution >= 4 is 23.2 Å². The van der Waals surface area contributed by atoms with Gasteiger partial charge in [0.2, 0.25) is 5.91 Å². The number of benzene rings is 1. The van der Waals surface area contributed by atoms with Crippen LogP contribution in [0.15, 0.2) is 52.2 Å². The highest BCUT2D eigenvalue weighted by molar-refractivity contribution is 7.98. The third kappa shape index (κ3) is 4.09. The predicted octanol–water partition coefficient (Wildman–Crippen LogP) is 4.27. The molecule has 2 aliphatic rings. The van der Waals surface area contributed by atoms with Crippen LogP contribution >= 0.6 is 11.8 Å². The van der Waals surface area contributed by atoms with Gasteiger partial charge in [-0.2, -0.15) is 0 Å². The summed E-state index contributed by atoms with van der Waals surface area (Å²) in [6, 6.07) is 12.5. The Balaban J connectivity index is 1.70. The van der Waals surface area contributed by atoms with Gasteiger partial charge in [-0.25, -0.2) is 0 Å². The van der Waals surface area contributed by atoms with Crippen LogP contribution in [-0.2, 0) is 4.79 Å². The standard InChI is InChI=1S/C23H26N2O2S/c1-15(26)25-12-11-16(14-25)13-21(18-5-7-19(28-2)8-6-18)22-10-9-20(17-3-4-17)23(27)24-22/h5-10,13,16-17H,3-4,11-12,14H2,1-2H3,(H,24,27)/b21-13+/t16-/m1/s1. The van der Waals surface area contributed by atoms with Crippen LogP contribution in [0.1, 0.15) is 48.9 Å². The van der Waals surface area contributed by atoms with Crippen molar-refractivity contribution in [1.82, 2.24) is 9.88 Å². The number of amides is 1. The molecule has 4 rings (SSSR count). The van der Waals surface area contributed by atoms with Crippen LogP contribution in [0.2, 0.25) is 0 Å². The lowest BCUT2D eigenvalue weighted by Gasteiger charge is -2.15. The van der Waals surface area contributed by atoms with Crippen molar-refractivity contribution in [2.24, 2.45) is 5.92 Å². The van der Waals surface area contributed by atoms with Gasteiger partial charge in [-0.05, 0) is 61.1 Å². The van der Waals surface area contributed by atoms with Crippen LogP contribution in [0.5, 0.6) is 0 Å². The first-order valence-corrected chi connectivity index (χ1v) is 11.1. The molecule has 2 heterocycles. The van der Waals surface area contributed by atoms with Crippen molar-refractivity contribution < 1.29 is 4.79 Å². The minimum absolute atomic E-state index is 0.0309. The molecule has 5 heteroatoms. The van der Waals surface area contributed by atoms with E-state index in [1.54, 1.807) is 18.7 Å². The molecule has 0 spiro atoms. The van der Waals surface area contributed by atoms with E-state index < -0.39 is 0 Å². The molecular formula is C23H26N2O2S. The summed E-state index contributed by atoms with van der Waals surface area (Å²) >= 11 is 1.71. The zero-order chi connectivity index (χ0) is 19.7. The van der Waals surface area contributed by atoms with E-state index in [0.29, 0.717) is 11.8 Å². The van der Waals surface area contributed by atoms with Gasteiger partial charge < -0.3 is 9.88 Å². The van der Waals surface area contributed by atoms with Gasteiger partial charge in [0.25, 0.3) is 5.56 Å². The fraction of sp³-hybridized carbons (Fsp3) is 0.391. The van der Waals surface area contributed by atoms with Crippen LogP contribution in [-0.4, -0.2) is 35.1 Å². The molecule has 1 saturated carbocycles. The number of hydrogen-bond donors (Lipinski definition) is 1. The van der Waals surface area contributed by atoms with Crippen molar-refractivity contribution in [1.29, 1.82) is 0 Å². The van der Waals surface area contributed by atoms with Gasteiger partial charge in [0.1, 0.15) is 0 Å². The molecule has 146 valence electrons. The Labute approximate surface area is 170 Å². The quantitative estimate of drug-likeness (QED) is 0.771. The zero-order valence-corrected chi connectivity index (χ0v) is 17.2. The van der Waals surface area contributed by atoms with Crippen molar-refractivity contribution in [3.8, 4) is 0 Å². The van der Waals surface area contributed by atoms with Crippen molar-refractivity contribution in [3.63, 3.8) is 0 Å². The Bertz CT molecular complexity index is 957. The molecule has 2 fully saturated rings. The molecular weight excluding hydrogens is 368 g/mol. The summed E-state index contributed by atoms with van der Waals surface area (Å²) in [6.45, 7) is 3.17. The van der Waals surface area contributed by atoms with E-state index in [9.17, 15) is 9.59 Å². The van der Waals surface area contributed by atoms with E-state index in [1.165, 1.54) is 4.90 Å². The van der Waals surface area contributed by atoms with Crippen LogP contribution in [0.25, 0.3) is 5.57 Å². The molecule has 1 aliphatic carbocycles. The molecule has 2 aromatic rings. The Kier molecular flexibility index (Phi) is 5.44. The maximum atomic E-state index is 12.6. The lowest BCUT2D eigenvalue weighted by molar-refractivity contribution is -0.127. The number of likely N-dealkylation sites (tertiary alicyclic amines) is 1. The van der Waals surface area contributed by atoms with E-state index in [0.717, 1.165) is 54.7 Å². The monoisotopic (exact) mass is 394 g/mol. The number of carbonyl (C=O) groups is 1. The number of nitrogens with one attached hydrogen (secondary N) is 1. The van der Waals surface area contributed by atoms with Crippen LogP contribution in [0, 0.1) is 5.92 Å². The van der Waals surface area contributed by atoms with Crippen LogP contribution in [0.4, 0.5) is 0 Å². The normalized spacial score (nSPS) is 19.9. The second kappa shape index (κ2) is 8.00. The lowest BCUT2D eigenvalue weighted by atomic mass is 9.96. The van der Waals surface area contributed by atoms with Gasteiger partial charge in [0.15, 0.2) is 0 Å². The van der Waals surface area contributed by atoms with Gasteiger partial charge in [-0.1, -0.05) is 24.3 Å². The fourth-order valence-corrected chi connectivity index (χ4v) is 4.32. The number of nitrogens with zero attached hydrogens (tertiary/aromatic N) is 1. The summed E-state index contributed by atoms with van der Waals surface area (Å²) in [5, 5.41) is 0. The maximum Gasteiger partial charge on any atom is 0.251 e. The van der Waals surface area contributed by atoms with Crippen LogP contribution < -0.4 is 5.56 Å². The molecule has 0 bridgehead atoms. The molecule has 1 saturated heterocycles. The number of aromatic nitrogens is 1. The third-order valence-corrected chi connectivity index (χ3v) is 6.46. The SMILES string of the molecule is CSc1ccc(/C(=C\[C@H]2CCN(C(C)=O)C2)c2ccc(C3CC3)c(=O)[nH]2)cc1. The summed E-state index contributed by atoms with van der Waals surface area (Å²) in [4.78, 5) is 30.5. The van der Waals surface area contributed by atoms with E-state index in [-0.39, 0.29) is 11.5 Å². The highest BCUT2D eigenvalue weighted by Gasteiger charge is 2.27. The zero-order valence-electron chi connectivity index (χ0n) is 16.4. The largest absolute Gasteiger partial charge is 0.342 e. The molecule has 1 atom stereocenters. The van der Waals surface area contributed by atoms with Gasteiger partial charge in [-0.15, -0.1) is 11.8 Å². The Hall–Kier alpha value is -2.27. The molecule has 28 heavy (non-hydrogen) atoms. The predicted molar refractivity (Wildman–Crippen MR) is 115 cm³/mol. The molecule has 0 unspecified atom stereocenters. The average molecular weight is 395 g/mol. The van der Waals surface area contributed by atoms with Crippen molar-refractivity contribution in [2.75, 3.05) is 19.3 Å². The first-order valence-electron chi connectivity index (χ1n) is 9.90. The Morgan fingerprint density at radius 1 is 1.14 bits per heavy atom. The van der Waals surface area contributed by atoms with Gasteiger partial charge in [0.05, 0.1) is 0 Å². The van der Waals surface area contributed by atoms with Crippen molar-refractivity contribution in [2.45, 2.75) is 37.0 Å². The third-order valence-electron chi connectivity index (χ3n) is 5.72. The van der Waals surface area contributed by atoms with E-state index in [1.807, 2.05) is 17.0 Å². The smallest absolute Gasteiger partial charge is 0.251 e. The summed E-state index contributed by atoms with van der Waals surface area (Å²) in [6.07, 6.45) is 7.48. The number of pyridine rings is 1. The summed E-state index contributed by atoms with van der Waals surface area (Å²) in [7, 11) is 0. The number of thioether (sulfide) groups is 1. The number of carbonyl (C=O) groups excluding carboxylic acids is 1. The highest BCUT2D eigenvalue weighted by atomic mass is 32.2. The highest BCUT2D eigenvalue weighted by Crippen LogP contribution is 2.38. The number of hydrogen-bond acceptors (Lipinski definition) is 3. The molecule has 1 aliphatic heterocycles. The topological polar surface area (TPSA) is 53.2 Å². The van der Waals surface area contributed by atoms with Gasteiger partial charge >= 0.3 is 0 Å². The number of rotatable bonds is 5. The van der Waals surface area contributed by atoms with Gasteiger partial charge in [-0.3, -0.25) is 9.59 Å². The average Bonchev–Trinajstić information content (AvgIpc) is 3.43. The summed E-state index contributed by atoms with van der Waals surface area (Å²) < 4.78 is 0. The molecule has 4 nitrogen and oxygen atoms in total. The minimum Gasteiger partial charge on any atom is -0.342 e. The molecule has 1 aromatic carbocycles. The molecule has 1 amide bonds. The first kappa shape index (κ1) is 19.1.